The molecule has 0 amide bonds. The summed E-state index contributed by atoms with van der Waals surface area (Å²) in [4.78, 5) is 2.40. The first-order valence-corrected chi connectivity index (χ1v) is 5.26. The van der Waals surface area contributed by atoms with Crippen LogP contribution in [0.25, 0.3) is 0 Å². The predicted molar refractivity (Wildman–Crippen MR) is 61.1 cm³/mol. The van der Waals surface area contributed by atoms with Gasteiger partial charge in [0.1, 0.15) is 0 Å². The predicted octanol–water partition coefficient (Wildman–Crippen LogP) is 2.55. The molecule has 1 heterocycles. The van der Waals surface area contributed by atoms with Gasteiger partial charge in [-0.2, -0.15) is 0 Å². The van der Waals surface area contributed by atoms with Crippen molar-refractivity contribution in [2.24, 2.45) is 5.92 Å². The Labute approximate surface area is 86.1 Å². The molecule has 14 heavy (non-hydrogen) atoms. The van der Waals surface area contributed by atoms with E-state index in [4.69, 9.17) is 0 Å². The van der Waals surface area contributed by atoms with Crippen LogP contribution in [-0.2, 0) is 0 Å². The SMILES string of the molecule is CN1CCC(C2=C/C=C\C=C/C=C\2)C1. The molecule has 0 saturated carbocycles. The maximum Gasteiger partial charge on any atom is 0.00477 e. The second-order valence-electron chi connectivity index (χ2n) is 4.04. The maximum atomic E-state index is 2.40. The Morgan fingerprint density at radius 2 is 1.93 bits per heavy atom. The van der Waals surface area contributed by atoms with Crippen LogP contribution < -0.4 is 0 Å². The van der Waals surface area contributed by atoms with Crippen molar-refractivity contribution in [2.75, 3.05) is 20.1 Å². The molecule has 1 nitrogen and oxygen atoms in total. The summed E-state index contributed by atoms with van der Waals surface area (Å²) < 4.78 is 0. The van der Waals surface area contributed by atoms with Crippen molar-refractivity contribution < 1.29 is 0 Å². The summed E-state index contributed by atoms with van der Waals surface area (Å²) in [6.07, 6.45) is 16.3. The molecule has 1 aliphatic carbocycles. The van der Waals surface area contributed by atoms with E-state index in [2.05, 4.69) is 54.5 Å². The number of hydrogen-bond acceptors (Lipinski definition) is 1. The first-order valence-electron chi connectivity index (χ1n) is 5.26. The molecule has 1 aliphatic heterocycles. The van der Waals surface area contributed by atoms with Gasteiger partial charge in [0, 0.05) is 6.54 Å². The number of nitrogens with zero attached hydrogens (tertiary/aromatic N) is 1. The van der Waals surface area contributed by atoms with Gasteiger partial charge in [-0.3, -0.25) is 0 Å². The number of hydrogen-bond donors (Lipinski definition) is 0. The highest BCUT2D eigenvalue weighted by Crippen LogP contribution is 2.24. The standard InChI is InChI=1S/C13H17N/c1-14-10-9-13(11-14)12-7-5-3-2-4-6-8-12/h2-8,13H,9-11H2,1H3/b3-2-,4-2?,5-3?,6-4-,7-5-,8-6?,12-7?,12-8+. The fourth-order valence-electron chi connectivity index (χ4n) is 2.06. The Morgan fingerprint density at radius 3 is 2.71 bits per heavy atom. The van der Waals surface area contributed by atoms with Crippen molar-refractivity contribution in [1.29, 1.82) is 0 Å². The molecule has 1 saturated heterocycles. The minimum absolute atomic E-state index is 0.729. The van der Waals surface area contributed by atoms with Gasteiger partial charge >= 0.3 is 0 Å². The van der Waals surface area contributed by atoms with Crippen molar-refractivity contribution >= 4 is 0 Å². The Balaban J connectivity index is 2.09. The average Bonchev–Trinajstić information content (AvgIpc) is 2.51. The van der Waals surface area contributed by atoms with Gasteiger partial charge < -0.3 is 4.90 Å². The molecule has 1 fully saturated rings. The van der Waals surface area contributed by atoms with Crippen LogP contribution in [0.15, 0.2) is 48.1 Å². The van der Waals surface area contributed by atoms with Crippen LogP contribution in [0.3, 0.4) is 0 Å². The zero-order chi connectivity index (χ0) is 9.80. The Hall–Kier alpha value is -1.08. The first-order chi connectivity index (χ1) is 6.86. The molecule has 2 rings (SSSR count). The van der Waals surface area contributed by atoms with Crippen molar-refractivity contribution in [3.05, 3.63) is 48.1 Å². The van der Waals surface area contributed by atoms with E-state index in [1.165, 1.54) is 25.1 Å². The van der Waals surface area contributed by atoms with Gasteiger partial charge in [-0.1, -0.05) is 42.5 Å². The number of allylic oxidation sites excluding steroid dienone is 7. The van der Waals surface area contributed by atoms with E-state index in [1.54, 1.807) is 0 Å². The minimum atomic E-state index is 0.729. The lowest BCUT2D eigenvalue weighted by Crippen LogP contribution is -2.14. The van der Waals surface area contributed by atoms with Crippen molar-refractivity contribution in [2.45, 2.75) is 6.42 Å². The van der Waals surface area contributed by atoms with E-state index in [-0.39, 0.29) is 0 Å². The van der Waals surface area contributed by atoms with Crippen molar-refractivity contribution in [3.63, 3.8) is 0 Å². The molecule has 0 N–H and O–H groups in total. The molecular formula is C13H17N. The molecule has 1 atom stereocenters. The molecule has 1 unspecified atom stereocenters. The molecule has 1 heteroatoms. The summed E-state index contributed by atoms with van der Waals surface area (Å²) in [5.74, 6) is 0.729. The molecule has 0 radical (unpaired) electrons. The van der Waals surface area contributed by atoms with Crippen LogP contribution in [0, 0.1) is 5.92 Å². The van der Waals surface area contributed by atoms with Crippen molar-refractivity contribution in [1.82, 2.24) is 4.90 Å². The van der Waals surface area contributed by atoms with Gasteiger partial charge in [0.2, 0.25) is 0 Å². The quantitative estimate of drug-likeness (QED) is 0.610. The van der Waals surface area contributed by atoms with Gasteiger partial charge in [-0.15, -0.1) is 0 Å². The molecule has 0 aromatic rings. The molecule has 2 aliphatic rings. The third-order valence-electron chi connectivity index (χ3n) is 2.88. The van der Waals surface area contributed by atoms with E-state index in [0.717, 1.165) is 5.92 Å². The van der Waals surface area contributed by atoms with Crippen LogP contribution in [-0.4, -0.2) is 25.0 Å². The molecule has 0 aromatic carbocycles. The van der Waals surface area contributed by atoms with E-state index in [0.29, 0.717) is 0 Å². The van der Waals surface area contributed by atoms with Crippen LogP contribution in [0.2, 0.25) is 0 Å². The summed E-state index contributed by atoms with van der Waals surface area (Å²) in [6, 6.07) is 0. The third-order valence-corrected chi connectivity index (χ3v) is 2.88. The highest BCUT2D eigenvalue weighted by molar-refractivity contribution is 5.33. The normalized spacial score (nSPS) is 38.1. The smallest absolute Gasteiger partial charge is 0.00477 e. The summed E-state index contributed by atoms with van der Waals surface area (Å²) in [5, 5.41) is 0. The second kappa shape index (κ2) is 4.43. The summed E-state index contributed by atoms with van der Waals surface area (Å²) in [7, 11) is 2.20. The number of rotatable bonds is 1. The molecular weight excluding hydrogens is 170 g/mol. The van der Waals surface area contributed by atoms with Crippen LogP contribution >= 0.6 is 0 Å². The third kappa shape index (κ3) is 2.24. The van der Waals surface area contributed by atoms with Crippen LogP contribution in [0.4, 0.5) is 0 Å². The molecule has 0 spiro atoms. The summed E-state index contributed by atoms with van der Waals surface area (Å²) in [5.41, 5.74) is 1.47. The topological polar surface area (TPSA) is 3.24 Å². The van der Waals surface area contributed by atoms with E-state index in [1.807, 2.05) is 0 Å². The van der Waals surface area contributed by atoms with Crippen LogP contribution in [0.5, 0.6) is 0 Å². The molecule has 0 bridgehead atoms. The lowest BCUT2D eigenvalue weighted by molar-refractivity contribution is 0.406. The Morgan fingerprint density at radius 1 is 1.14 bits per heavy atom. The van der Waals surface area contributed by atoms with Gasteiger partial charge in [-0.05, 0) is 31.5 Å². The fraction of sp³-hybridized carbons (Fsp3) is 0.385. The monoisotopic (exact) mass is 187 g/mol. The zero-order valence-electron chi connectivity index (χ0n) is 8.69. The number of likely N-dealkylation sites (tertiary alicyclic amines) is 1. The summed E-state index contributed by atoms with van der Waals surface area (Å²) in [6.45, 7) is 2.43. The molecule has 0 aromatic heterocycles. The second-order valence-corrected chi connectivity index (χ2v) is 4.04. The summed E-state index contributed by atoms with van der Waals surface area (Å²) >= 11 is 0. The van der Waals surface area contributed by atoms with Gasteiger partial charge in [-0.25, -0.2) is 0 Å². The van der Waals surface area contributed by atoms with Crippen LogP contribution in [0.1, 0.15) is 6.42 Å². The van der Waals surface area contributed by atoms with Gasteiger partial charge in [0.15, 0.2) is 0 Å². The van der Waals surface area contributed by atoms with E-state index in [9.17, 15) is 0 Å². The maximum absolute atomic E-state index is 2.40. The average molecular weight is 187 g/mol. The van der Waals surface area contributed by atoms with E-state index >= 15 is 0 Å². The zero-order valence-corrected chi connectivity index (χ0v) is 8.69. The first kappa shape index (κ1) is 9.47. The van der Waals surface area contributed by atoms with E-state index < -0.39 is 0 Å². The lowest BCUT2D eigenvalue weighted by atomic mass is 9.96. The van der Waals surface area contributed by atoms with Gasteiger partial charge in [0.25, 0.3) is 0 Å². The minimum Gasteiger partial charge on any atom is -0.306 e. The Kier molecular flexibility index (Phi) is 3.00. The lowest BCUT2D eigenvalue weighted by Gasteiger charge is -2.11. The highest BCUT2D eigenvalue weighted by Gasteiger charge is 2.21. The van der Waals surface area contributed by atoms with Gasteiger partial charge in [0.05, 0.1) is 0 Å². The largest absolute Gasteiger partial charge is 0.306 e. The fourth-order valence-corrected chi connectivity index (χ4v) is 2.06. The highest BCUT2D eigenvalue weighted by atomic mass is 15.1. The van der Waals surface area contributed by atoms with Crippen molar-refractivity contribution in [3.8, 4) is 0 Å². The molecule has 74 valence electrons. The Bertz CT molecular complexity index is 307.